The number of fused-ring (bicyclic) bond motifs is 5. The minimum Gasteiger partial charge on any atom is -0.390 e. The first kappa shape index (κ1) is 55.4. The molecular formula is C59H73Br2N9O6. The summed E-state index contributed by atoms with van der Waals surface area (Å²) >= 11 is 6.89. The molecule has 11 rings (SSSR count). The van der Waals surface area contributed by atoms with Crippen molar-refractivity contribution in [1.82, 2.24) is 29.8 Å². The van der Waals surface area contributed by atoms with Crippen LogP contribution in [0.5, 0.6) is 0 Å². The van der Waals surface area contributed by atoms with Gasteiger partial charge in [-0.3, -0.25) is 29.1 Å². The fraction of sp³-hybridized carbons (Fsp3) is 0.441. The van der Waals surface area contributed by atoms with E-state index in [0.29, 0.717) is 51.4 Å². The van der Waals surface area contributed by atoms with Gasteiger partial charge < -0.3 is 44.8 Å². The van der Waals surface area contributed by atoms with Crippen LogP contribution in [0.15, 0.2) is 112 Å². The number of aliphatic hydroxyl groups excluding tert-OH is 2. The number of ether oxygens (including phenoxy) is 1. The van der Waals surface area contributed by atoms with Gasteiger partial charge in [-0.15, -0.1) is 0 Å². The largest absolute Gasteiger partial charge is 0.390 e. The van der Waals surface area contributed by atoms with Crippen molar-refractivity contribution in [2.45, 2.75) is 44.7 Å². The number of β-amino-alcohol motifs (C(OH)–C–C–N with tert-alkyl or cyclic N) is 2. The summed E-state index contributed by atoms with van der Waals surface area (Å²) in [6.07, 6.45) is 0.896. The van der Waals surface area contributed by atoms with Gasteiger partial charge in [-0.05, 0) is 89.2 Å². The molecule has 17 heteroatoms. The Morgan fingerprint density at radius 3 is 1.51 bits per heavy atom. The van der Waals surface area contributed by atoms with E-state index in [0.717, 1.165) is 129 Å². The standard InChI is InChI=1S/C27H36N4O3.C22H26BrN3O2.C10H11BrN2O/c1-28-10-11-31(20-24(32)19-30-9-8-22-4-2-3-5-23(22)18-30)27(33)25-7-6-21(16-26(25)28)17-29-12-14-34-15-13-29;1-24-10-11-26(22(28)20-7-6-18(23)12-21(20)24)15-19(27)14-25-9-8-16-4-2-3-5-17(16)13-25;1-13-5-4-12-10(14)8-3-2-7(11)6-9(8)13/h2-7,16,24,32H,8-15,17-20H2,1H3;2-7,12,19,27H,8-11,13-15H2,1H3;2-3,6H,4-5H2,1H3,(H,12,14)/t24-;19-;/m11./s1. The maximum Gasteiger partial charge on any atom is 0.256 e. The molecule has 0 unspecified atom stereocenters. The number of morpholine rings is 1. The molecule has 3 N–H and O–H groups in total. The summed E-state index contributed by atoms with van der Waals surface area (Å²) in [7, 11) is 6.05. The number of aliphatic hydroxyl groups is 2. The van der Waals surface area contributed by atoms with Crippen LogP contribution in [-0.2, 0) is 37.2 Å². The highest BCUT2D eigenvalue weighted by Gasteiger charge is 2.30. The second-order valence-corrected chi connectivity index (χ2v) is 22.7. The molecule has 6 aliphatic heterocycles. The summed E-state index contributed by atoms with van der Waals surface area (Å²) in [6.45, 7) is 14.1. The summed E-state index contributed by atoms with van der Waals surface area (Å²) in [4.78, 5) is 55.0. The van der Waals surface area contributed by atoms with E-state index in [1.54, 1.807) is 4.90 Å². The summed E-state index contributed by atoms with van der Waals surface area (Å²) < 4.78 is 7.42. The number of amides is 3. The van der Waals surface area contributed by atoms with Gasteiger partial charge in [-0.1, -0.05) is 86.5 Å². The predicted molar refractivity (Wildman–Crippen MR) is 308 cm³/mol. The van der Waals surface area contributed by atoms with E-state index in [9.17, 15) is 24.6 Å². The van der Waals surface area contributed by atoms with Crippen LogP contribution in [0.3, 0.4) is 0 Å². The van der Waals surface area contributed by atoms with Crippen LogP contribution in [0.4, 0.5) is 17.1 Å². The molecular weight excluding hydrogens is 1090 g/mol. The van der Waals surface area contributed by atoms with E-state index >= 15 is 0 Å². The van der Waals surface area contributed by atoms with Gasteiger partial charge >= 0.3 is 0 Å². The van der Waals surface area contributed by atoms with Crippen LogP contribution in [-0.4, -0.2) is 191 Å². The Bertz CT molecular complexity index is 2830. The van der Waals surface area contributed by atoms with Gasteiger partial charge in [0.05, 0.1) is 53.5 Å². The normalized spacial score (nSPS) is 18.9. The number of carbonyl (C=O) groups excluding carboxylic acids is 3. The van der Waals surface area contributed by atoms with Crippen molar-refractivity contribution >= 4 is 66.6 Å². The van der Waals surface area contributed by atoms with Crippen molar-refractivity contribution in [3.8, 4) is 0 Å². The van der Waals surface area contributed by atoms with Gasteiger partial charge in [0.2, 0.25) is 0 Å². The van der Waals surface area contributed by atoms with Crippen molar-refractivity contribution in [3.63, 3.8) is 0 Å². The molecule has 1 saturated heterocycles. The third-order valence-electron chi connectivity index (χ3n) is 15.4. The van der Waals surface area contributed by atoms with E-state index < -0.39 is 12.2 Å². The summed E-state index contributed by atoms with van der Waals surface area (Å²) in [5, 5.41) is 24.5. The maximum atomic E-state index is 13.4. The Balaban J connectivity index is 0.000000151. The van der Waals surface area contributed by atoms with Crippen LogP contribution < -0.4 is 20.0 Å². The lowest BCUT2D eigenvalue weighted by atomic mass is 10.00. The predicted octanol–water partition coefficient (Wildman–Crippen LogP) is 6.22. The quantitative estimate of drug-likeness (QED) is 0.147. The SMILES string of the molecule is CN1CCN(C[C@H](O)CN2CCc3ccccc3C2)C(=O)c2ccc(Br)cc21.CN1CCN(C[C@H](O)CN2CCc3ccccc3C2)C(=O)c2ccc(CN3CCOCC3)cc21.CN1CCNC(=O)c2ccc(Br)cc21. The van der Waals surface area contributed by atoms with Crippen LogP contribution in [0.25, 0.3) is 0 Å². The minimum atomic E-state index is -0.568. The number of rotatable bonds is 10. The average molecular weight is 1160 g/mol. The van der Waals surface area contributed by atoms with Crippen molar-refractivity contribution in [3.05, 3.63) is 157 Å². The third kappa shape index (κ3) is 14.0. The number of carbonyl (C=O) groups is 3. The maximum absolute atomic E-state index is 13.4. The van der Waals surface area contributed by atoms with E-state index in [1.165, 1.54) is 27.8 Å². The molecule has 5 aromatic carbocycles. The highest BCUT2D eigenvalue weighted by molar-refractivity contribution is 9.10. The number of halogens is 2. The molecule has 404 valence electrons. The Morgan fingerprint density at radius 1 is 0.513 bits per heavy atom. The number of nitrogens with zero attached hydrogens (tertiary/aromatic N) is 8. The van der Waals surface area contributed by atoms with Crippen molar-refractivity contribution in [2.75, 3.05) is 141 Å². The Labute approximate surface area is 465 Å². The molecule has 3 amide bonds. The van der Waals surface area contributed by atoms with Crippen molar-refractivity contribution in [2.24, 2.45) is 0 Å². The molecule has 76 heavy (non-hydrogen) atoms. The van der Waals surface area contributed by atoms with Gasteiger partial charge in [0.15, 0.2) is 0 Å². The lowest BCUT2D eigenvalue weighted by Gasteiger charge is -2.32. The number of hydrogen-bond donors (Lipinski definition) is 3. The Hall–Kier alpha value is -5.37. The lowest BCUT2D eigenvalue weighted by molar-refractivity contribution is 0.0342. The number of benzene rings is 5. The number of hydrogen-bond acceptors (Lipinski definition) is 12. The molecule has 2 atom stereocenters. The lowest BCUT2D eigenvalue weighted by Crippen LogP contribution is -2.44. The highest BCUT2D eigenvalue weighted by atomic mass is 79.9. The topological polar surface area (TPSA) is 139 Å². The summed E-state index contributed by atoms with van der Waals surface area (Å²) in [6, 6.07) is 34.7. The van der Waals surface area contributed by atoms with E-state index in [1.807, 2.05) is 61.5 Å². The van der Waals surface area contributed by atoms with E-state index in [-0.39, 0.29) is 17.7 Å². The van der Waals surface area contributed by atoms with Crippen LogP contribution >= 0.6 is 31.9 Å². The van der Waals surface area contributed by atoms with Crippen molar-refractivity contribution < 1.29 is 29.3 Å². The van der Waals surface area contributed by atoms with Crippen molar-refractivity contribution in [1.29, 1.82) is 0 Å². The molecule has 1 fully saturated rings. The summed E-state index contributed by atoms with van der Waals surface area (Å²) in [5.41, 5.74) is 11.8. The molecule has 6 aliphatic rings. The minimum absolute atomic E-state index is 0.00473. The summed E-state index contributed by atoms with van der Waals surface area (Å²) in [5.74, 6) is 0.0204. The van der Waals surface area contributed by atoms with Crippen LogP contribution in [0, 0.1) is 0 Å². The first-order valence-corrected chi connectivity index (χ1v) is 28.3. The first-order chi connectivity index (χ1) is 36.8. The molecule has 0 saturated carbocycles. The zero-order valence-corrected chi connectivity index (χ0v) is 47.4. The molecule has 0 aliphatic carbocycles. The number of likely N-dealkylation sites (N-methyl/N-ethyl adjacent to an activating group) is 3. The second kappa shape index (κ2) is 25.9. The second-order valence-electron chi connectivity index (χ2n) is 20.9. The van der Waals surface area contributed by atoms with Gasteiger partial charge in [0.25, 0.3) is 17.7 Å². The molecule has 15 nitrogen and oxygen atoms in total. The number of anilines is 3. The van der Waals surface area contributed by atoms with Crippen LogP contribution in [0.1, 0.15) is 58.9 Å². The Kier molecular flexibility index (Phi) is 18.8. The molecule has 0 radical (unpaired) electrons. The molecule has 0 spiro atoms. The highest BCUT2D eigenvalue weighted by Crippen LogP contribution is 2.30. The van der Waals surface area contributed by atoms with E-state index in [2.05, 4.69) is 134 Å². The van der Waals surface area contributed by atoms with Gasteiger partial charge in [-0.25, -0.2) is 0 Å². The van der Waals surface area contributed by atoms with Crippen LogP contribution in [0.2, 0.25) is 0 Å². The monoisotopic (exact) mass is 1160 g/mol. The zero-order chi connectivity index (χ0) is 53.3. The number of nitrogens with one attached hydrogen (secondary N) is 1. The molecule has 0 bridgehead atoms. The van der Waals surface area contributed by atoms with Gasteiger partial charge in [0, 0.05) is 147 Å². The Morgan fingerprint density at radius 2 is 0.974 bits per heavy atom. The fourth-order valence-electron chi connectivity index (χ4n) is 11.1. The molecule has 0 aromatic heterocycles. The van der Waals surface area contributed by atoms with E-state index in [4.69, 9.17) is 4.74 Å². The van der Waals surface area contributed by atoms with Gasteiger partial charge in [0.1, 0.15) is 0 Å². The zero-order valence-electron chi connectivity index (χ0n) is 44.2. The molecule has 5 aromatic rings. The first-order valence-electron chi connectivity index (χ1n) is 26.7. The smallest absolute Gasteiger partial charge is 0.256 e. The van der Waals surface area contributed by atoms with Gasteiger partial charge in [-0.2, -0.15) is 0 Å². The third-order valence-corrected chi connectivity index (χ3v) is 16.4. The molecule has 6 heterocycles. The fourth-order valence-corrected chi connectivity index (χ4v) is 11.8. The average Bonchev–Trinajstić information content (AvgIpc) is 3.69.